The molecule has 0 bridgehead atoms. The van der Waals surface area contributed by atoms with Gasteiger partial charge in [-0.2, -0.15) is 0 Å². The molecule has 1 aliphatic rings. The summed E-state index contributed by atoms with van der Waals surface area (Å²) in [6, 6.07) is 17.6. The lowest BCUT2D eigenvalue weighted by atomic mass is 10.1. The maximum atomic E-state index is 13.0. The number of anilines is 2. The highest BCUT2D eigenvalue weighted by atomic mass is 79.9. The summed E-state index contributed by atoms with van der Waals surface area (Å²) in [5.74, 6) is 0.154. The molecule has 1 heterocycles. The monoisotopic (exact) mass is 483 g/mol. The molecule has 0 aliphatic carbocycles. The number of hydrogen-bond acceptors (Lipinski definition) is 4. The highest BCUT2D eigenvalue weighted by Crippen LogP contribution is 2.36. The van der Waals surface area contributed by atoms with Crippen LogP contribution in [0.25, 0.3) is 10.8 Å². The average Bonchev–Trinajstić information content (AvgIpc) is 3.28. The van der Waals surface area contributed by atoms with Crippen LogP contribution in [0.2, 0.25) is 0 Å². The zero-order chi connectivity index (χ0) is 21.1. The van der Waals surface area contributed by atoms with Crippen LogP contribution < -0.4 is 20.3 Å². The molecule has 0 atom stereocenters. The highest BCUT2D eigenvalue weighted by molar-refractivity contribution is 9.10. The Morgan fingerprint density at radius 1 is 1.10 bits per heavy atom. The number of thiocarbonyl (C=S) groups is 1. The zero-order valence-electron chi connectivity index (χ0n) is 16.6. The minimum Gasteiger partial charge on any atom is -0.495 e. The fraction of sp³-hybridized carbons (Fsp3) is 0.217. The number of rotatable bonds is 4. The molecule has 4 rings (SSSR count). The quantitative estimate of drug-likeness (QED) is 0.490. The first-order valence-electron chi connectivity index (χ1n) is 9.80. The predicted molar refractivity (Wildman–Crippen MR) is 130 cm³/mol. The molecule has 5 nitrogen and oxygen atoms in total. The maximum absolute atomic E-state index is 13.0. The number of nitrogens with zero attached hydrogens (tertiary/aromatic N) is 1. The molecule has 1 saturated heterocycles. The molecule has 2 N–H and O–H groups in total. The van der Waals surface area contributed by atoms with Gasteiger partial charge in [0.15, 0.2) is 5.11 Å². The van der Waals surface area contributed by atoms with Gasteiger partial charge >= 0.3 is 0 Å². The summed E-state index contributed by atoms with van der Waals surface area (Å²) >= 11 is 9.01. The fourth-order valence-electron chi connectivity index (χ4n) is 3.79. The Labute approximate surface area is 189 Å². The Balaban J connectivity index is 1.56. The van der Waals surface area contributed by atoms with Gasteiger partial charge in [0.05, 0.1) is 28.5 Å². The number of fused-ring (bicyclic) bond motifs is 1. The molecule has 1 fully saturated rings. The number of methoxy groups -OCH3 is 1. The molecule has 0 unspecified atom stereocenters. The Morgan fingerprint density at radius 3 is 2.57 bits per heavy atom. The lowest BCUT2D eigenvalue weighted by Gasteiger charge is -2.22. The van der Waals surface area contributed by atoms with Crippen molar-refractivity contribution in [3.63, 3.8) is 0 Å². The van der Waals surface area contributed by atoms with E-state index in [2.05, 4.69) is 37.5 Å². The predicted octanol–water partition coefficient (Wildman–Crippen LogP) is 5.34. The van der Waals surface area contributed by atoms with Crippen LogP contribution in [-0.2, 0) is 0 Å². The minimum atomic E-state index is -0.325. The SMILES string of the molecule is COc1c(C(=O)NC(=S)Nc2ccccc2N2CCCC2)cc2ccccc2c1Br. The first-order valence-corrected chi connectivity index (χ1v) is 11.0. The molecule has 154 valence electrons. The van der Waals surface area contributed by atoms with E-state index in [9.17, 15) is 4.79 Å². The second-order valence-corrected chi connectivity index (χ2v) is 8.31. The summed E-state index contributed by atoms with van der Waals surface area (Å²) in [6.45, 7) is 2.06. The largest absolute Gasteiger partial charge is 0.495 e. The van der Waals surface area contributed by atoms with E-state index in [1.54, 1.807) is 7.11 Å². The van der Waals surface area contributed by atoms with Crippen LogP contribution in [0.15, 0.2) is 59.1 Å². The van der Waals surface area contributed by atoms with Crippen LogP contribution in [-0.4, -0.2) is 31.2 Å². The van der Waals surface area contributed by atoms with Gasteiger partial charge in [-0.05, 0) is 70.0 Å². The molecule has 0 aromatic heterocycles. The number of hydrogen-bond donors (Lipinski definition) is 2. The second kappa shape index (κ2) is 9.02. The van der Waals surface area contributed by atoms with Crippen molar-refractivity contribution in [1.29, 1.82) is 0 Å². The van der Waals surface area contributed by atoms with Gasteiger partial charge in [0.1, 0.15) is 5.75 Å². The van der Waals surface area contributed by atoms with Gasteiger partial charge in [0, 0.05) is 13.1 Å². The van der Waals surface area contributed by atoms with Crippen molar-refractivity contribution in [1.82, 2.24) is 5.32 Å². The number of amides is 1. The minimum absolute atomic E-state index is 0.248. The Hall–Kier alpha value is -2.64. The third-order valence-electron chi connectivity index (χ3n) is 5.22. The molecule has 0 radical (unpaired) electrons. The Bertz CT molecular complexity index is 1110. The summed E-state index contributed by atoms with van der Waals surface area (Å²) in [5, 5.41) is 8.14. The highest BCUT2D eigenvalue weighted by Gasteiger charge is 2.20. The number of nitrogens with one attached hydrogen (secondary N) is 2. The number of carbonyl (C=O) groups excluding carboxylic acids is 1. The standard InChI is InChI=1S/C23H22BrN3O2S/c1-29-21-17(14-15-8-2-3-9-16(15)20(21)24)22(28)26-23(30)25-18-10-4-5-11-19(18)27-12-6-7-13-27/h2-5,8-11,14H,6-7,12-13H2,1H3,(H2,25,26,28,30). The molecule has 0 saturated carbocycles. The molecule has 0 spiro atoms. The topological polar surface area (TPSA) is 53.6 Å². The molecule has 3 aromatic rings. The maximum Gasteiger partial charge on any atom is 0.261 e. The lowest BCUT2D eigenvalue weighted by Crippen LogP contribution is -2.35. The van der Waals surface area contributed by atoms with Crippen molar-refractivity contribution in [2.24, 2.45) is 0 Å². The summed E-state index contributed by atoms with van der Waals surface area (Å²) in [7, 11) is 1.55. The Kier molecular flexibility index (Phi) is 6.20. The molecule has 7 heteroatoms. The van der Waals surface area contributed by atoms with Gasteiger partial charge in [0.2, 0.25) is 0 Å². The van der Waals surface area contributed by atoms with Crippen LogP contribution in [0.5, 0.6) is 5.75 Å². The summed E-state index contributed by atoms with van der Waals surface area (Å²) < 4.78 is 6.26. The van der Waals surface area contributed by atoms with Crippen molar-refractivity contribution in [2.45, 2.75) is 12.8 Å². The lowest BCUT2D eigenvalue weighted by molar-refractivity contribution is 0.0975. The van der Waals surface area contributed by atoms with Crippen molar-refractivity contribution in [2.75, 3.05) is 30.4 Å². The van der Waals surface area contributed by atoms with Crippen LogP contribution in [0.1, 0.15) is 23.2 Å². The van der Waals surface area contributed by atoms with E-state index < -0.39 is 0 Å². The van der Waals surface area contributed by atoms with Gasteiger partial charge in [-0.15, -0.1) is 0 Å². The summed E-state index contributed by atoms with van der Waals surface area (Å²) in [4.78, 5) is 15.3. The number of carbonyl (C=O) groups is 1. The fourth-order valence-corrected chi connectivity index (χ4v) is 4.73. The van der Waals surface area contributed by atoms with E-state index in [0.717, 1.165) is 39.7 Å². The van der Waals surface area contributed by atoms with Gasteiger partial charge in [0.25, 0.3) is 5.91 Å². The number of benzene rings is 3. The van der Waals surface area contributed by atoms with Crippen molar-refractivity contribution in [3.05, 3.63) is 64.6 Å². The Morgan fingerprint density at radius 2 is 1.80 bits per heavy atom. The van der Waals surface area contributed by atoms with Crippen LogP contribution >= 0.6 is 28.1 Å². The zero-order valence-corrected chi connectivity index (χ0v) is 19.0. The summed E-state index contributed by atoms with van der Waals surface area (Å²) in [5.41, 5.74) is 2.40. The van der Waals surface area contributed by atoms with E-state index in [1.807, 2.05) is 48.5 Å². The van der Waals surface area contributed by atoms with E-state index in [4.69, 9.17) is 17.0 Å². The first kappa shape index (κ1) is 20.6. The molecule has 1 aliphatic heterocycles. The molecule has 30 heavy (non-hydrogen) atoms. The van der Waals surface area contributed by atoms with Crippen LogP contribution in [0, 0.1) is 0 Å². The number of ether oxygens (including phenoxy) is 1. The smallest absolute Gasteiger partial charge is 0.261 e. The van der Waals surface area contributed by atoms with Crippen molar-refractivity contribution < 1.29 is 9.53 Å². The van der Waals surface area contributed by atoms with Gasteiger partial charge < -0.3 is 15.0 Å². The third kappa shape index (κ3) is 4.13. The number of para-hydroxylation sites is 2. The van der Waals surface area contributed by atoms with Crippen molar-refractivity contribution in [3.8, 4) is 5.75 Å². The van der Waals surface area contributed by atoms with Gasteiger partial charge in [-0.3, -0.25) is 10.1 Å². The summed E-state index contributed by atoms with van der Waals surface area (Å²) in [6.07, 6.45) is 2.37. The van der Waals surface area contributed by atoms with E-state index in [1.165, 1.54) is 12.8 Å². The van der Waals surface area contributed by atoms with Crippen LogP contribution in [0.4, 0.5) is 11.4 Å². The second-order valence-electron chi connectivity index (χ2n) is 7.11. The van der Waals surface area contributed by atoms with E-state index in [-0.39, 0.29) is 11.0 Å². The molecule has 3 aromatic carbocycles. The average molecular weight is 484 g/mol. The van der Waals surface area contributed by atoms with E-state index >= 15 is 0 Å². The van der Waals surface area contributed by atoms with Crippen LogP contribution in [0.3, 0.4) is 0 Å². The van der Waals surface area contributed by atoms with Gasteiger partial charge in [-0.1, -0.05) is 36.4 Å². The molecular weight excluding hydrogens is 462 g/mol. The number of halogens is 1. The normalized spacial score (nSPS) is 13.3. The molecular formula is C23H22BrN3O2S. The molecule has 1 amide bonds. The third-order valence-corrected chi connectivity index (χ3v) is 6.21. The van der Waals surface area contributed by atoms with Gasteiger partial charge in [-0.25, -0.2) is 0 Å². The first-order chi connectivity index (χ1) is 14.6. The van der Waals surface area contributed by atoms with E-state index in [0.29, 0.717) is 11.3 Å². The van der Waals surface area contributed by atoms with Crippen molar-refractivity contribution >= 4 is 61.3 Å².